The van der Waals surface area contributed by atoms with Crippen molar-refractivity contribution in [1.82, 2.24) is 0 Å². The highest BCUT2D eigenvalue weighted by Crippen LogP contribution is 2.14. The summed E-state index contributed by atoms with van der Waals surface area (Å²) in [5.74, 6) is 0. The molecule has 0 heterocycles. The Labute approximate surface area is 130 Å². The zero-order valence-corrected chi connectivity index (χ0v) is 13.6. The van der Waals surface area contributed by atoms with Crippen LogP contribution in [-0.4, -0.2) is 13.2 Å². The molecular weight excluding hydrogens is 370 g/mol. The molecule has 2 aromatic carbocycles. The van der Waals surface area contributed by atoms with E-state index in [4.69, 9.17) is 4.74 Å². The molecule has 0 bridgehead atoms. The van der Waals surface area contributed by atoms with Crippen LogP contribution in [0.5, 0.6) is 0 Å². The van der Waals surface area contributed by atoms with Gasteiger partial charge >= 0.3 is 0 Å². The number of rotatable bonds is 6. The van der Waals surface area contributed by atoms with Gasteiger partial charge in [0, 0.05) is 21.2 Å². The molecule has 0 saturated carbocycles. The standard InChI is InChI=1S/C15H15Br2NO/c16-13-3-1-12(2-4-13)11-19-10-9-18-15-7-5-14(17)6-8-15/h1-8,18H,9-11H2. The predicted octanol–water partition coefficient (Wildman–Crippen LogP) is 4.84. The van der Waals surface area contributed by atoms with E-state index in [0.29, 0.717) is 13.2 Å². The van der Waals surface area contributed by atoms with E-state index < -0.39 is 0 Å². The van der Waals surface area contributed by atoms with Gasteiger partial charge in [0.05, 0.1) is 13.2 Å². The average Bonchev–Trinajstić information content (AvgIpc) is 2.43. The Hall–Kier alpha value is -0.840. The summed E-state index contributed by atoms with van der Waals surface area (Å²) in [6, 6.07) is 16.3. The molecule has 0 fully saturated rings. The molecule has 0 radical (unpaired) electrons. The van der Waals surface area contributed by atoms with E-state index in [2.05, 4.69) is 49.3 Å². The largest absolute Gasteiger partial charge is 0.383 e. The number of hydrogen-bond acceptors (Lipinski definition) is 2. The molecule has 0 saturated heterocycles. The van der Waals surface area contributed by atoms with Gasteiger partial charge in [0.1, 0.15) is 0 Å². The number of ether oxygens (including phenoxy) is 1. The van der Waals surface area contributed by atoms with Crippen LogP contribution in [0.3, 0.4) is 0 Å². The molecule has 0 aliphatic carbocycles. The van der Waals surface area contributed by atoms with Gasteiger partial charge in [0.2, 0.25) is 0 Å². The zero-order chi connectivity index (χ0) is 13.5. The molecule has 0 aliphatic heterocycles. The summed E-state index contributed by atoms with van der Waals surface area (Å²) >= 11 is 6.83. The van der Waals surface area contributed by atoms with Gasteiger partial charge in [-0.1, -0.05) is 44.0 Å². The second-order valence-corrected chi connectivity index (χ2v) is 5.94. The van der Waals surface area contributed by atoms with E-state index in [-0.39, 0.29) is 0 Å². The van der Waals surface area contributed by atoms with Crippen molar-refractivity contribution >= 4 is 37.5 Å². The Bertz CT molecular complexity index is 449. The Kier molecular flexibility index (Phi) is 5.89. The smallest absolute Gasteiger partial charge is 0.0717 e. The molecule has 2 aromatic rings. The molecule has 0 spiro atoms. The third-order valence-electron chi connectivity index (χ3n) is 2.60. The number of anilines is 1. The van der Waals surface area contributed by atoms with Gasteiger partial charge in [0.25, 0.3) is 0 Å². The second kappa shape index (κ2) is 7.68. The SMILES string of the molecule is Brc1ccc(COCCNc2ccc(Br)cc2)cc1. The van der Waals surface area contributed by atoms with E-state index in [1.807, 2.05) is 36.4 Å². The number of benzene rings is 2. The van der Waals surface area contributed by atoms with Gasteiger partial charge < -0.3 is 10.1 Å². The Morgan fingerprint density at radius 2 is 1.42 bits per heavy atom. The lowest BCUT2D eigenvalue weighted by atomic mass is 10.2. The number of halogens is 2. The molecule has 100 valence electrons. The van der Waals surface area contributed by atoms with Crippen molar-refractivity contribution in [3.05, 3.63) is 63.0 Å². The Morgan fingerprint density at radius 3 is 2.05 bits per heavy atom. The molecule has 19 heavy (non-hydrogen) atoms. The summed E-state index contributed by atoms with van der Waals surface area (Å²) in [4.78, 5) is 0. The van der Waals surface area contributed by atoms with Crippen molar-refractivity contribution < 1.29 is 4.74 Å². The molecule has 0 aliphatic rings. The maximum absolute atomic E-state index is 5.62. The molecule has 0 aromatic heterocycles. The van der Waals surface area contributed by atoms with E-state index in [9.17, 15) is 0 Å². The lowest BCUT2D eigenvalue weighted by Crippen LogP contribution is -2.09. The highest BCUT2D eigenvalue weighted by molar-refractivity contribution is 9.10. The van der Waals surface area contributed by atoms with Crippen molar-refractivity contribution in [3.8, 4) is 0 Å². The van der Waals surface area contributed by atoms with Crippen LogP contribution >= 0.6 is 31.9 Å². The van der Waals surface area contributed by atoms with Crippen LogP contribution in [0.15, 0.2) is 57.5 Å². The Balaban J connectivity index is 1.64. The van der Waals surface area contributed by atoms with E-state index in [0.717, 1.165) is 21.2 Å². The summed E-state index contributed by atoms with van der Waals surface area (Å²) in [7, 11) is 0. The number of hydrogen-bond donors (Lipinski definition) is 1. The molecule has 0 unspecified atom stereocenters. The van der Waals surface area contributed by atoms with Gasteiger partial charge in [-0.05, 0) is 42.0 Å². The van der Waals surface area contributed by atoms with Crippen LogP contribution in [0.25, 0.3) is 0 Å². The van der Waals surface area contributed by atoms with Crippen LogP contribution in [0, 0.1) is 0 Å². The first-order valence-electron chi connectivity index (χ1n) is 6.06. The van der Waals surface area contributed by atoms with Crippen LogP contribution in [0.2, 0.25) is 0 Å². The lowest BCUT2D eigenvalue weighted by molar-refractivity contribution is 0.130. The Morgan fingerprint density at radius 1 is 0.842 bits per heavy atom. The van der Waals surface area contributed by atoms with Gasteiger partial charge in [-0.15, -0.1) is 0 Å². The van der Waals surface area contributed by atoms with Crippen LogP contribution in [0.4, 0.5) is 5.69 Å². The zero-order valence-electron chi connectivity index (χ0n) is 10.4. The van der Waals surface area contributed by atoms with Crippen LogP contribution in [0.1, 0.15) is 5.56 Å². The predicted molar refractivity (Wildman–Crippen MR) is 86.4 cm³/mol. The topological polar surface area (TPSA) is 21.3 Å². The third kappa shape index (κ3) is 5.35. The quantitative estimate of drug-likeness (QED) is 0.719. The summed E-state index contributed by atoms with van der Waals surface area (Å²) in [5.41, 5.74) is 2.29. The summed E-state index contributed by atoms with van der Waals surface area (Å²) in [5, 5.41) is 3.31. The van der Waals surface area contributed by atoms with E-state index in [1.165, 1.54) is 5.56 Å². The molecule has 2 nitrogen and oxygen atoms in total. The van der Waals surface area contributed by atoms with Crippen molar-refractivity contribution in [2.75, 3.05) is 18.5 Å². The normalized spacial score (nSPS) is 10.4. The maximum atomic E-state index is 5.62. The van der Waals surface area contributed by atoms with Crippen LogP contribution < -0.4 is 5.32 Å². The van der Waals surface area contributed by atoms with E-state index >= 15 is 0 Å². The molecule has 0 amide bonds. The molecule has 2 rings (SSSR count). The average molecular weight is 385 g/mol. The van der Waals surface area contributed by atoms with Crippen molar-refractivity contribution in [2.24, 2.45) is 0 Å². The van der Waals surface area contributed by atoms with Gasteiger partial charge in [-0.3, -0.25) is 0 Å². The van der Waals surface area contributed by atoms with Crippen molar-refractivity contribution in [1.29, 1.82) is 0 Å². The minimum atomic E-state index is 0.648. The summed E-state index contributed by atoms with van der Waals surface area (Å²) in [6.45, 7) is 2.14. The monoisotopic (exact) mass is 383 g/mol. The second-order valence-electron chi connectivity index (χ2n) is 4.11. The highest BCUT2D eigenvalue weighted by Gasteiger charge is 1.95. The van der Waals surface area contributed by atoms with Gasteiger partial charge in [0.15, 0.2) is 0 Å². The first-order valence-corrected chi connectivity index (χ1v) is 7.64. The maximum Gasteiger partial charge on any atom is 0.0717 e. The fourth-order valence-corrected chi connectivity index (χ4v) is 2.13. The van der Waals surface area contributed by atoms with Gasteiger partial charge in [-0.25, -0.2) is 0 Å². The first kappa shape index (κ1) is 14.6. The molecule has 4 heteroatoms. The third-order valence-corrected chi connectivity index (χ3v) is 3.66. The van der Waals surface area contributed by atoms with Gasteiger partial charge in [-0.2, -0.15) is 0 Å². The highest BCUT2D eigenvalue weighted by atomic mass is 79.9. The summed E-state index contributed by atoms with van der Waals surface area (Å²) in [6.07, 6.45) is 0. The summed E-state index contributed by atoms with van der Waals surface area (Å²) < 4.78 is 7.80. The van der Waals surface area contributed by atoms with E-state index in [1.54, 1.807) is 0 Å². The fraction of sp³-hybridized carbons (Fsp3) is 0.200. The van der Waals surface area contributed by atoms with Crippen molar-refractivity contribution in [3.63, 3.8) is 0 Å². The lowest BCUT2D eigenvalue weighted by Gasteiger charge is -2.07. The van der Waals surface area contributed by atoms with Crippen LogP contribution in [-0.2, 0) is 11.3 Å². The molecule has 1 N–H and O–H groups in total. The first-order chi connectivity index (χ1) is 9.24. The van der Waals surface area contributed by atoms with Crippen molar-refractivity contribution in [2.45, 2.75) is 6.61 Å². The number of nitrogens with one attached hydrogen (secondary N) is 1. The minimum absolute atomic E-state index is 0.648. The minimum Gasteiger partial charge on any atom is -0.383 e. The molecule has 0 atom stereocenters. The fourth-order valence-electron chi connectivity index (χ4n) is 1.61. The molecular formula is C15H15Br2NO.